The number of benzene rings is 2. The van der Waals surface area contributed by atoms with Crippen molar-refractivity contribution in [2.24, 2.45) is 7.05 Å². The number of aromatic nitrogens is 2. The Kier molecular flexibility index (Phi) is 5.46. The Morgan fingerprint density at radius 1 is 1.08 bits per heavy atom. The first kappa shape index (κ1) is 18.2. The molecule has 26 heavy (non-hydrogen) atoms. The molecule has 134 valence electrons. The van der Waals surface area contributed by atoms with E-state index in [2.05, 4.69) is 33.2 Å². The lowest BCUT2D eigenvalue weighted by molar-refractivity contribution is -0.114. The molecule has 0 saturated heterocycles. The largest absolute Gasteiger partial charge is 0.376 e. The molecule has 0 aliphatic rings. The molecule has 3 aromatic rings. The molecule has 7 heteroatoms. The maximum Gasteiger partial charge on any atom is 0.295 e. The summed E-state index contributed by atoms with van der Waals surface area (Å²) in [4.78, 5) is 25.0. The van der Waals surface area contributed by atoms with Crippen molar-refractivity contribution in [3.05, 3.63) is 74.2 Å². The summed E-state index contributed by atoms with van der Waals surface area (Å²) in [5.74, 6) is -0.269. The molecule has 0 radical (unpaired) electrons. The summed E-state index contributed by atoms with van der Waals surface area (Å²) in [5, 5.41) is 5.79. The predicted molar refractivity (Wildman–Crippen MR) is 112 cm³/mol. The van der Waals surface area contributed by atoms with Gasteiger partial charge in [0.2, 0.25) is 5.91 Å². The van der Waals surface area contributed by atoms with Gasteiger partial charge < -0.3 is 10.6 Å². The minimum atomic E-state index is -0.269. The van der Waals surface area contributed by atoms with Crippen molar-refractivity contribution in [1.29, 1.82) is 0 Å². The lowest BCUT2D eigenvalue weighted by Gasteiger charge is -2.07. The highest BCUT2D eigenvalue weighted by Gasteiger charge is 2.17. The molecule has 0 fully saturated rings. The van der Waals surface area contributed by atoms with Gasteiger partial charge in [-0.2, -0.15) is 0 Å². The molecule has 0 saturated carbocycles. The van der Waals surface area contributed by atoms with Crippen LogP contribution in [0.3, 0.4) is 0 Å². The number of halogens is 1. The summed E-state index contributed by atoms with van der Waals surface area (Å²) in [6.45, 7) is 1.89. The highest BCUT2D eigenvalue weighted by atomic mass is 127. The number of anilines is 2. The topological polar surface area (TPSA) is 68.1 Å². The molecule has 0 aliphatic carbocycles. The van der Waals surface area contributed by atoms with Crippen LogP contribution in [-0.2, 0) is 11.8 Å². The van der Waals surface area contributed by atoms with E-state index < -0.39 is 0 Å². The van der Waals surface area contributed by atoms with Gasteiger partial charge >= 0.3 is 0 Å². The Morgan fingerprint density at radius 2 is 1.73 bits per heavy atom. The highest BCUT2D eigenvalue weighted by Crippen LogP contribution is 2.14. The van der Waals surface area contributed by atoms with Crippen LogP contribution in [0.4, 0.5) is 11.4 Å². The first-order valence-corrected chi connectivity index (χ1v) is 9.18. The third-order valence-corrected chi connectivity index (χ3v) is 4.84. The van der Waals surface area contributed by atoms with Gasteiger partial charge in [-0.3, -0.25) is 14.3 Å². The second-order valence-corrected chi connectivity index (χ2v) is 7.09. The number of para-hydroxylation sites is 1. The van der Waals surface area contributed by atoms with Crippen LogP contribution >= 0.6 is 22.6 Å². The van der Waals surface area contributed by atoms with Crippen LogP contribution in [0.5, 0.6) is 0 Å². The molecule has 2 aromatic carbocycles. The maximum absolute atomic E-state index is 12.8. The molecule has 0 aliphatic heterocycles. The summed E-state index contributed by atoms with van der Waals surface area (Å²) in [7, 11) is 1.79. The SMILES string of the molecule is Cc1c(NC(=O)CNc2ccc(I)cc2)c(=O)n(-c2ccccc2)n1C. The van der Waals surface area contributed by atoms with E-state index in [-0.39, 0.29) is 18.0 Å². The van der Waals surface area contributed by atoms with Gasteiger partial charge in [-0.05, 0) is 65.9 Å². The lowest BCUT2D eigenvalue weighted by Crippen LogP contribution is -2.26. The van der Waals surface area contributed by atoms with E-state index in [4.69, 9.17) is 0 Å². The van der Waals surface area contributed by atoms with Gasteiger partial charge in [0.25, 0.3) is 5.56 Å². The maximum atomic E-state index is 12.8. The van der Waals surface area contributed by atoms with Gasteiger partial charge in [-0.1, -0.05) is 18.2 Å². The lowest BCUT2D eigenvalue weighted by atomic mass is 10.3. The Hall–Kier alpha value is -2.55. The number of hydrogen-bond acceptors (Lipinski definition) is 3. The van der Waals surface area contributed by atoms with Crippen molar-refractivity contribution >= 4 is 39.9 Å². The Balaban J connectivity index is 1.76. The van der Waals surface area contributed by atoms with Gasteiger partial charge in [-0.25, -0.2) is 4.68 Å². The zero-order valence-corrected chi connectivity index (χ0v) is 16.6. The van der Waals surface area contributed by atoms with Gasteiger partial charge in [0, 0.05) is 16.3 Å². The molecule has 3 rings (SSSR count). The van der Waals surface area contributed by atoms with Crippen LogP contribution < -0.4 is 16.2 Å². The monoisotopic (exact) mass is 462 g/mol. The first-order valence-electron chi connectivity index (χ1n) is 8.10. The van der Waals surface area contributed by atoms with E-state index in [1.165, 1.54) is 4.68 Å². The van der Waals surface area contributed by atoms with Crippen molar-refractivity contribution in [3.8, 4) is 5.69 Å². The molecule has 0 unspecified atom stereocenters. The average molecular weight is 462 g/mol. The molecule has 6 nitrogen and oxygen atoms in total. The number of rotatable bonds is 5. The van der Waals surface area contributed by atoms with Crippen molar-refractivity contribution in [1.82, 2.24) is 9.36 Å². The Morgan fingerprint density at radius 3 is 2.38 bits per heavy atom. The molecule has 2 N–H and O–H groups in total. The molecule has 1 amide bonds. The molecule has 0 spiro atoms. The van der Waals surface area contributed by atoms with Gasteiger partial charge in [0.05, 0.1) is 17.9 Å². The van der Waals surface area contributed by atoms with Gasteiger partial charge in [-0.15, -0.1) is 0 Å². The number of nitrogens with one attached hydrogen (secondary N) is 2. The zero-order chi connectivity index (χ0) is 18.7. The van der Waals surface area contributed by atoms with Crippen molar-refractivity contribution in [2.45, 2.75) is 6.92 Å². The first-order chi connectivity index (χ1) is 12.5. The fourth-order valence-corrected chi connectivity index (χ4v) is 3.01. The van der Waals surface area contributed by atoms with Crippen LogP contribution in [0.15, 0.2) is 59.4 Å². The van der Waals surface area contributed by atoms with E-state index in [0.29, 0.717) is 11.4 Å². The van der Waals surface area contributed by atoms with E-state index in [1.54, 1.807) is 11.7 Å². The number of amides is 1. The molecular weight excluding hydrogens is 443 g/mol. The number of carbonyl (C=O) groups is 1. The Labute approximate surface area is 165 Å². The van der Waals surface area contributed by atoms with Crippen LogP contribution in [0, 0.1) is 10.5 Å². The Bertz CT molecular complexity index is 975. The highest BCUT2D eigenvalue weighted by molar-refractivity contribution is 14.1. The smallest absolute Gasteiger partial charge is 0.295 e. The third-order valence-electron chi connectivity index (χ3n) is 4.12. The molecule has 0 atom stereocenters. The van der Waals surface area contributed by atoms with Crippen molar-refractivity contribution in [2.75, 3.05) is 17.2 Å². The number of nitrogens with zero attached hydrogens (tertiary/aromatic N) is 2. The normalized spacial score (nSPS) is 10.6. The van der Waals surface area contributed by atoms with Crippen LogP contribution in [0.25, 0.3) is 5.69 Å². The quantitative estimate of drug-likeness (QED) is 0.573. The third kappa shape index (κ3) is 3.82. The molecule has 0 bridgehead atoms. The molecular formula is C19H19IN4O2. The number of hydrogen-bond donors (Lipinski definition) is 2. The van der Waals surface area contributed by atoms with E-state index in [9.17, 15) is 9.59 Å². The zero-order valence-electron chi connectivity index (χ0n) is 14.5. The van der Waals surface area contributed by atoms with E-state index in [1.807, 2.05) is 61.5 Å². The minimum absolute atomic E-state index is 0.0830. The summed E-state index contributed by atoms with van der Waals surface area (Å²) >= 11 is 2.22. The fraction of sp³-hybridized carbons (Fsp3) is 0.158. The standard InChI is InChI=1S/C19H19IN4O2/c1-13-18(19(26)24(23(13)2)16-6-4-3-5-7-16)22-17(25)12-21-15-10-8-14(20)9-11-15/h3-11,21H,12H2,1-2H3,(H,22,25). The van der Waals surface area contributed by atoms with Crippen molar-refractivity contribution in [3.63, 3.8) is 0 Å². The minimum Gasteiger partial charge on any atom is -0.376 e. The fourth-order valence-electron chi connectivity index (χ4n) is 2.65. The predicted octanol–water partition coefficient (Wildman–Crippen LogP) is 3.14. The van der Waals surface area contributed by atoms with E-state index >= 15 is 0 Å². The second kappa shape index (κ2) is 7.77. The molecule has 1 aromatic heterocycles. The summed E-state index contributed by atoms with van der Waals surface area (Å²) in [5.41, 5.74) is 2.35. The van der Waals surface area contributed by atoms with Crippen LogP contribution in [0.1, 0.15) is 5.69 Å². The van der Waals surface area contributed by atoms with Crippen molar-refractivity contribution < 1.29 is 4.79 Å². The number of carbonyl (C=O) groups excluding carboxylic acids is 1. The summed E-state index contributed by atoms with van der Waals surface area (Å²) in [6, 6.07) is 17.1. The van der Waals surface area contributed by atoms with Gasteiger partial charge in [0.15, 0.2) is 0 Å². The summed E-state index contributed by atoms with van der Waals surface area (Å²) in [6.07, 6.45) is 0. The van der Waals surface area contributed by atoms with Gasteiger partial charge in [0.1, 0.15) is 5.69 Å². The van der Waals surface area contributed by atoms with E-state index in [0.717, 1.165) is 14.9 Å². The summed E-state index contributed by atoms with van der Waals surface area (Å²) < 4.78 is 4.40. The average Bonchev–Trinajstić information content (AvgIpc) is 2.85. The van der Waals surface area contributed by atoms with Crippen LogP contribution in [-0.4, -0.2) is 21.8 Å². The van der Waals surface area contributed by atoms with Crippen LogP contribution in [0.2, 0.25) is 0 Å². The second-order valence-electron chi connectivity index (χ2n) is 5.85. The molecule has 1 heterocycles.